The maximum atomic E-state index is 10.5. The summed E-state index contributed by atoms with van der Waals surface area (Å²) in [5.74, 6) is 2.20. The smallest absolute Gasteiger partial charge is 0.153 e. The van der Waals surface area contributed by atoms with E-state index in [9.17, 15) is 4.79 Å². The number of aliphatic hydroxyl groups excluding tert-OH is 1. The normalized spacial score (nSPS) is 13.3. The molecule has 0 radical (unpaired) electrons. The first-order chi connectivity index (χ1) is 15.2. The van der Waals surface area contributed by atoms with E-state index in [4.69, 9.17) is 14.6 Å². The monoisotopic (exact) mass is 441 g/mol. The molecule has 2 aromatic carbocycles. The van der Waals surface area contributed by atoms with E-state index in [1.807, 2.05) is 31.1 Å². The van der Waals surface area contributed by atoms with Gasteiger partial charge in [0.15, 0.2) is 6.29 Å². The topological polar surface area (TPSA) is 92.7 Å². The standard InChI is InChI=1S/C13H13N3S.C9H10O3.CH4O/c1-14-10-6-4-9(5-7-10)13-16-12-11(17-13)3-2-8-15-12;1-11-8-4-3-7(6-10)9(5-8)12-2;1-2/h2-8,13-14H,1H3,(H,15,16);3-6H,1-2H3;2H,1H3. The van der Waals surface area contributed by atoms with Gasteiger partial charge < -0.3 is 25.2 Å². The highest BCUT2D eigenvalue weighted by atomic mass is 32.2. The molecule has 0 aliphatic carbocycles. The molecule has 1 atom stereocenters. The van der Waals surface area contributed by atoms with E-state index >= 15 is 0 Å². The number of carbonyl (C=O) groups is 1. The first kappa shape index (κ1) is 24.0. The number of hydrogen-bond donors (Lipinski definition) is 3. The van der Waals surface area contributed by atoms with Gasteiger partial charge in [-0.25, -0.2) is 4.98 Å². The summed E-state index contributed by atoms with van der Waals surface area (Å²) in [5, 5.41) is 13.8. The van der Waals surface area contributed by atoms with E-state index in [0.29, 0.717) is 17.1 Å². The lowest BCUT2D eigenvalue weighted by Crippen LogP contribution is -2.02. The Morgan fingerprint density at radius 3 is 2.42 bits per heavy atom. The molecule has 3 aromatic rings. The second-order valence-corrected chi connectivity index (χ2v) is 7.24. The molecule has 1 aromatic heterocycles. The van der Waals surface area contributed by atoms with Gasteiger partial charge in [0, 0.05) is 32.1 Å². The molecule has 1 unspecified atom stereocenters. The van der Waals surface area contributed by atoms with E-state index in [1.165, 1.54) is 17.6 Å². The average Bonchev–Trinajstić information content (AvgIpc) is 3.29. The number of pyridine rings is 1. The summed E-state index contributed by atoms with van der Waals surface area (Å²) in [4.78, 5) is 16.0. The summed E-state index contributed by atoms with van der Waals surface area (Å²) in [5.41, 5.74) is 2.93. The SMILES string of the molecule is CNc1ccc(C2Nc3ncccc3S2)cc1.CO.COc1ccc(C=O)c(OC)c1. The van der Waals surface area contributed by atoms with Crippen LogP contribution in [0.1, 0.15) is 21.3 Å². The van der Waals surface area contributed by atoms with Crippen molar-refractivity contribution in [2.75, 3.05) is 39.0 Å². The van der Waals surface area contributed by atoms with Gasteiger partial charge in [0.2, 0.25) is 0 Å². The molecule has 8 heteroatoms. The minimum atomic E-state index is 0.269. The van der Waals surface area contributed by atoms with Crippen molar-refractivity contribution in [1.82, 2.24) is 4.98 Å². The van der Waals surface area contributed by atoms with Crippen LogP contribution in [0.2, 0.25) is 0 Å². The Balaban J connectivity index is 0.000000216. The van der Waals surface area contributed by atoms with E-state index in [2.05, 4.69) is 45.9 Å². The lowest BCUT2D eigenvalue weighted by atomic mass is 10.2. The van der Waals surface area contributed by atoms with Crippen molar-refractivity contribution in [3.8, 4) is 11.5 Å². The number of nitrogens with zero attached hydrogens (tertiary/aromatic N) is 1. The maximum absolute atomic E-state index is 10.5. The summed E-state index contributed by atoms with van der Waals surface area (Å²) >= 11 is 1.81. The van der Waals surface area contributed by atoms with Crippen molar-refractivity contribution >= 4 is 29.6 Å². The molecule has 0 saturated carbocycles. The zero-order valence-corrected chi connectivity index (χ0v) is 18.8. The van der Waals surface area contributed by atoms with E-state index < -0.39 is 0 Å². The molecule has 1 aliphatic heterocycles. The molecule has 4 rings (SSSR count). The number of methoxy groups -OCH3 is 2. The van der Waals surface area contributed by atoms with Gasteiger partial charge in [-0.05, 0) is 42.0 Å². The Bertz CT molecular complexity index is 942. The summed E-state index contributed by atoms with van der Waals surface area (Å²) < 4.78 is 9.93. The highest BCUT2D eigenvalue weighted by Gasteiger charge is 2.23. The second kappa shape index (κ2) is 12.5. The van der Waals surface area contributed by atoms with Crippen LogP contribution in [0.4, 0.5) is 11.5 Å². The third-order valence-corrected chi connectivity index (χ3v) is 5.56. The Morgan fingerprint density at radius 1 is 1.10 bits per heavy atom. The maximum Gasteiger partial charge on any atom is 0.153 e. The number of aldehydes is 1. The third kappa shape index (κ3) is 6.37. The molecule has 1 aliphatic rings. The number of aromatic nitrogens is 1. The summed E-state index contributed by atoms with van der Waals surface area (Å²) in [6.07, 6.45) is 2.57. The molecular weight excluding hydrogens is 414 g/mol. The predicted molar refractivity (Wildman–Crippen MR) is 126 cm³/mol. The Labute approximate surface area is 186 Å². The molecule has 0 amide bonds. The number of thioether (sulfide) groups is 1. The molecule has 164 valence electrons. The van der Waals surface area contributed by atoms with Crippen LogP contribution in [-0.2, 0) is 0 Å². The van der Waals surface area contributed by atoms with E-state index in [0.717, 1.165) is 24.9 Å². The van der Waals surface area contributed by atoms with Crippen LogP contribution < -0.4 is 20.1 Å². The van der Waals surface area contributed by atoms with Gasteiger partial charge >= 0.3 is 0 Å². The molecule has 31 heavy (non-hydrogen) atoms. The van der Waals surface area contributed by atoms with Crippen molar-refractivity contribution < 1.29 is 19.4 Å². The van der Waals surface area contributed by atoms with Gasteiger partial charge in [-0.15, -0.1) is 0 Å². The predicted octanol–water partition coefficient (Wildman–Crippen LogP) is 4.46. The fraction of sp³-hybridized carbons (Fsp3) is 0.217. The number of ether oxygens (including phenoxy) is 2. The van der Waals surface area contributed by atoms with Crippen LogP contribution in [0.15, 0.2) is 65.7 Å². The minimum absolute atomic E-state index is 0.269. The Hall–Kier alpha value is -3.23. The van der Waals surface area contributed by atoms with Crippen molar-refractivity contribution in [3.05, 3.63) is 71.9 Å². The van der Waals surface area contributed by atoms with Crippen molar-refractivity contribution in [1.29, 1.82) is 0 Å². The zero-order chi connectivity index (χ0) is 22.6. The van der Waals surface area contributed by atoms with Crippen LogP contribution in [0, 0.1) is 0 Å². The number of aliphatic hydroxyl groups is 1. The lowest BCUT2D eigenvalue weighted by Gasteiger charge is -2.11. The number of benzene rings is 2. The lowest BCUT2D eigenvalue weighted by molar-refractivity contribution is 0.112. The highest BCUT2D eigenvalue weighted by molar-refractivity contribution is 8.00. The zero-order valence-electron chi connectivity index (χ0n) is 18.0. The van der Waals surface area contributed by atoms with Gasteiger partial charge in [0.25, 0.3) is 0 Å². The number of anilines is 2. The van der Waals surface area contributed by atoms with Crippen LogP contribution in [-0.4, -0.2) is 44.8 Å². The Kier molecular flexibility index (Phi) is 9.67. The highest BCUT2D eigenvalue weighted by Crippen LogP contribution is 2.45. The number of hydrogen-bond acceptors (Lipinski definition) is 8. The molecule has 0 saturated heterocycles. The summed E-state index contributed by atoms with van der Waals surface area (Å²) in [6, 6.07) is 17.6. The van der Waals surface area contributed by atoms with Gasteiger partial charge in [-0.2, -0.15) is 0 Å². The molecule has 7 nitrogen and oxygen atoms in total. The quantitative estimate of drug-likeness (QED) is 0.500. The minimum Gasteiger partial charge on any atom is -0.497 e. The van der Waals surface area contributed by atoms with Crippen LogP contribution in [0.3, 0.4) is 0 Å². The fourth-order valence-electron chi connectivity index (χ4n) is 2.77. The van der Waals surface area contributed by atoms with Crippen molar-refractivity contribution in [2.45, 2.75) is 10.3 Å². The van der Waals surface area contributed by atoms with Crippen LogP contribution >= 0.6 is 11.8 Å². The van der Waals surface area contributed by atoms with Gasteiger partial charge in [0.05, 0.1) is 24.7 Å². The number of carbonyl (C=O) groups excluding carboxylic acids is 1. The summed E-state index contributed by atoms with van der Waals surface area (Å²) in [6.45, 7) is 0. The van der Waals surface area contributed by atoms with E-state index in [-0.39, 0.29) is 5.37 Å². The first-order valence-corrected chi connectivity index (χ1v) is 10.3. The van der Waals surface area contributed by atoms with Gasteiger partial charge in [-0.3, -0.25) is 4.79 Å². The summed E-state index contributed by atoms with van der Waals surface area (Å²) in [7, 11) is 6.01. The second-order valence-electron chi connectivity index (χ2n) is 6.09. The van der Waals surface area contributed by atoms with E-state index in [1.54, 1.807) is 25.3 Å². The van der Waals surface area contributed by atoms with Crippen molar-refractivity contribution in [3.63, 3.8) is 0 Å². The van der Waals surface area contributed by atoms with Gasteiger partial charge in [0.1, 0.15) is 22.7 Å². The molecule has 2 heterocycles. The van der Waals surface area contributed by atoms with Crippen LogP contribution in [0.25, 0.3) is 0 Å². The number of rotatable bonds is 5. The molecule has 0 spiro atoms. The fourth-order valence-corrected chi connectivity index (χ4v) is 3.86. The molecule has 0 fully saturated rings. The first-order valence-electron chi connectivity index (χ1n) is 9.46. The third-order valence-electron chi connectivity index (χ3n) is 4.35. The molecule has 3 N–H and O–H groups in total. The molecular formula is C23H27N3O4S. The van der Waals surface area contributed by atoms with Gasteiger partial charge in [-0.1, -0.05) is 23.9 Å². The largest absolute Gasteiger partial charge is 0.497 e. The number of fused-ring (bicyclic) bond motifs is 1. The molecule has 0 bridgehead atoms. The van der Waals surface area contributed by atoms with Crippen LogP contribution in [0.5, 0.6) is 11.5 Å². The average molecular weight is 442 g/mol. The Morgan fingerprint density at radius 2 is 1.84 bits per heavy atom. The van der Waals surface area contributed by atoms with Crippen molar-refractivity contribution in [2.24, 2.45) is 0 Å². The number of nitrogens with one attached hydrogen (secondary N) is 2.